The second-order valence-electron chi connectivity index (χ2n) is 5.46. The fourth-order valence-electron chi connectivity index (χ4n) is 1.97. The Morgan fingerprint density at radius 1 is 1.45 bits per heavy atom. The maximum atomic E-state index is 11.6. The molecule has 1 amide bonds. The topological polar surface area (TPSA) is 56.7 Å². The number of nitrogens with one attached hydrogen (secondary N) is 2. The molecule has 0 aliphatic carbocycles. The average Bonchev–Trinajstić information content (AvgIpc) is 2.96. The summed E-state index contributed by atoms with van der Waals surface area (Å²) in [6.07, 6.45) is 1.43. The van der Waals surface area contributed by atoms with Gasteiger partial charge in [-0.25, -0.2) is 0 Å². The fraction of sp³-hybridized carbons (Fsp3) is 0.625. The molecule has 0 aliphatic heterocycles. The number of thiophene rings is 1. The lowest BCUT2D eigenvalue weighted by molar-refractivity contribution is -0.121. The molecule has 0 aromatic carbocycles. The van der Waals surface area contributed by atoms with E-state index in [1.54, 1.807) is 11.3 Å². The zero-order chi connectivity index (χ0) is 16.4. The normalized spacial score (nSPS) is 11.6. The summed E-state index contributed by atoms with van der Waals surface area (Å²) in [6, 6.07) is 4.41. The van der Waals surface area contributed by atoms with E-state index in [0.29, 0.717) is 13.0 Å². The van der Waals surface area contributed by atoms with Gasteiger partial charge in [0.25, 0.3) is 0 Å². The second kappa shape index (κ2) is 10.2. The molecular weight excluding hydrogens is 296 g/mol. The van der Waals surface area contributed by atoms with Crippen LogP contribution in [0.5, 0.6) is 0 Å². The SMILES string of the molecule is CCNC(=NCCC(=O)NC(C)C)N(C)CCc1cccs1. The minimum atomic E-state index is 0.0517. The third-order valence-corrected chi connectivity index (χ3v) is 3.96. The number of likely N-dealkylation sites (N-methyl/N-ethyl adjacent to an activating group) is 1. The van der Waals surface area contributed by atoms with Crippen molar-refractivity contribution in [3.63, 3.8) is 0 Å². The van der Waals surface area contributed by atoms with Crippen molar-refractivity contribution in [2.24, 2.45) is 4.99 Å². The summed E-state index contributed by atoms with van der Waals surface area (Å²) in [7, 11) is 2.03. The van der Waals surface area contributed by atoms with Gasteiger partial charge >= 0.3 is 0 Å². The van der Waals surface area contributed by atoms with Crippen LogP contribution in [-0.2, 0) is 11.2 Å². The molecule has 5 nitrogen and oxygen atoms in total. The lowest BCUT2D eigenvalue weighted by atomic mass is 10.3. The Morgan fingerprint density at radius 2 is 2.23 bits per heavy atom. The summed E-state index contributed by atoms with van der Waals surface area (Å²) in [4.78, 5) is 19.7. The molecule has 0 atom stereocenters. The monoisotopic (exact) mass is 324 g/mol. The van der Waals surface area contributed by atoms with Gasteiger partial charge < -0.3 is 15.5 Å². The number of rotatable bonds is 8. The molecule has 124 valence electrons. The molecule has 0 fully saturated rings. The smallest absolute Gasteiger partial charge is 0.222 e. The summed E-state index contributed by atoms with van der Waals surface area (Å²) >= 11 is 1.78. The van der Waals surface area contributed by atoms with Crippen LogP contribution in [0.4, 0.5) is 0 Å². The number of guanidine groups is 1. The van der Waals surface area contributed by atoms with Gasteiger partial charge in [0.15, 0.2) is 5.96 Å². The quantitative estimate of drug-likeness (QED) is 0.569. The van der Waals surface area contributed by atoms with Crippen molar-refractivity contribution in [3.8, 4) is 0 Å². The average molecular weight is 324 g/mol. The first-order valence-electron chi connectivity index (χ1n) is 7.84. The molecule has 0 aliphatic rings. The third kappa shape index (κ3) is 7.45. The zero-order valence-electron chi connectivity index (χ0n) is 14.1. The van der Waals surface area contributed by atoms with Crippen molar-refractivity contribution in [1.29, 1.82) is 0 Å². The minimum absolute atomic E-state index is 0.0517. The summed E-state index contributed by atoms with van der Waals surface area (Å²) < 4.78 is 0. The molecule has 0 saturated heterocycles. The van der Waals surface area contributed by atoms with Crippen molar-refractivity contribution < 1.29 is 4.79 Å². The third-order valence-electron chi connectivity index (χ3n) is 3.02. The highest BCUT2D eigenvalue weighted by Crippen LogP contribution is 2.09. The van der Waals surface area contributed by atoms with Gasteiger partial charge in [-0.1, -0.05) is 6.07 Å². The molecule has 0 spiro atoms. The lowest BCUT2D eigenvalue weighted by Crippen LogP contribution is -2.40. The van der Waals surface area contributed by atoms with E-state index in [-0.39, 0.29) is 11.9 Å². The van der Waals surface area contributed by atoms with Gasteiger partial charge in [-0.2, -0.15) is 0 Å². The Bertz CT molecular complexity index is 457. The number of amides is 1. The summed E-state index contributed by atoms with van der Waals surface area (Å²) in [5.41, 5.74) is 0. The van der Waals surface area contributed by atoms with E-state index in [0.717, 1.165) is 25.5 Å². The highest BCUT2D eigenvalue weighted by molar-refractivity contribution is 7.09. The van der Waals surface area contributed by atoms with Gasteiger partial charge in [-0.15, -0.1) is 11.3 Å². The van der Waals surface area contributed by atoms with E-state index >= 15 is 0 Å². The van der Waals surface area contributed by atoms with Crippen LogP contribution in [0.3, 0.4) is 0 Å². The van der Waals surface area contributed by atoms with Gasteiger partial charge in [-0.05, 0) is 38.6 Å². The van der Waals surface area contributed by atoms with E-state index in [1.165, 1.54) is 4.88 Å². The van der Waals surface area contributed by atoms with E-state index in [1.807, 2.05) is 27.8 Å². The molecule has 0 bridgehead atoms. The molecule has 1 aromatic rings. The van der Waals surface area contributed by atoms with Crippen LogP contribution in [0.1, 0.15) is 32.1 Å². The van der Waals surface area contributed by atoms with Crippen molar-refractivity contribution in [3.05, 3.63) is 22.4 Å². The van der Waals surface area contributed by atoms with E-state index in [9.17, 15) is 4.79 Å². The van der Waals surface area contributed by atoms with Crippen molar-refractivity contribution >= 4 is 23.2 Å². The van der Waals surface area contributed by atoms with Gasteiger partial charge in [0.1, 0.15) is 0 Å². The van der Waals surface area contributed by atoms with Gasteiger partial charge in [0.05, 0.1) is 6.54 Å². The second-order valence-corrected chi connectivity index (χ2v) is 6.49. The number of aliphatic imine (C=N–C) groups is 1. The Labute approximate surface area is 137 Å². The largest absolute Gasteiger partial charge is 0.357 e. The van der Waals surface area contributed by atoms with Gasteiger partial charge in [0.2, 0.25) is 5.91 Å². The maximum absolute atomic E-state index is 11.6. The molecule has 2 N–H and O–H groups in total. The van der Waals surface area contributed by atoms with Crippen LogP contribution in [-0.4, -0.2) is 49.5 Å². The first-order chi connectivity index (χ1) is 10.5. The fourth-order valence-corrected chi connectivity index (χ4v) is 2.66. The Morgan fingerprint density at radius 3 is 2.82 bits per heavy atom. The molecule has 1 rings (SSSR count). The van der Waals surface area contributed by atoms with Crippen LogP contribution in [0.15, 0.2) is 22.5 Å². The Kier molecular flexibility index (Phi) is 8.58. The lowest BCUT2D eigenvalue weighted by Gasteiger charge is -2.21. The zero-order valence-corrected chi connectivity index (χ0v) is 14.9. The standard InChI is InChI=1S/C16H28N4OS/c1-5-17-16(18-10-8-15(21)19-13(2)3)20(4)11-9-14-7-6-12-22-14/h6-7,12-13H,5,8-11H2,1-4H3,(H,17,18)(H,19,21). The van der Waals surface area contributed by atoms with E-state index < -0.39 is 0 Å². The summed E-state index contributed by atoms with van der Waals surface area (Å²) in [5, 5.41) is 8.25. The highest BCUT2D eigenvalue weighted by Gasteiger charge is 2.07. The first-order valence-corrected chi connectivity index (χ1v) is 8.72. The summed E-state index contributed by atoms with van der Waals surface area (Å²) in [6.45, 7) is 8.20. The number of carbonyl (C=O) groups is 1. The van der Waals surface area contributed by atoms with Gasteiger partial charge in [0, 0.05) is 37.5 Å². The molecular formula is C16H28N4OS. The number of hydrogen-bond donors (Lipinski definition) is 2. The minimum Gasteiger partial charge on any atom is -0.357 e. The first kappa shape index (κ1) is 18.5. The highest BCUT2D eigenvalue weighted by atomic mass is 32.1. The van der Waals surface area contributed by atoms with Crippen LogP contribution in [0.25, 0.3) is 0 Å². The van der Waals surface area contributed by atoms with E-state index in [2.05, 4.69) is 38.0 Å². The molecule has 22 heavy (non-hydrogen) atoms. The summed E-state index contributed by atoms with van der Waals surface area (Å²) in [5.74, 6) is 0.909. The Hall–Kier alpha value is -1.56. The molecule has 0 unspecified atom stereocenters. The molecule has 6 heteroatoms. The molecule has 0 radical (unpaired) electrons. The number of hydrogen-bond acceptors (Lipinski definition) is 3. The van der Waals surface area contributed by atoms with Crippen LogP contribution >= 0.6 is 11.3 Å². The van der Waals surface area contributed by atoms with E-state index in [4.69, 9.17) is 0 Å². The van der Waals surface area contributed by atoms with Crippen molar-refractivity contribution in [2.75, 3.05) is 26.7 Å². The van der Waals surface area contributed by atoms with Crippen molar-refractivity contribution in [2.45, 2.75) is 39.7 Å². The Balaban J connectivity index is 2.44. The van der Waals surface area contributed by atoms with Crippen LogP contribution in [0.2, 0.25) is 0 Å². The number of nitrogens with zero attached hydrogens (tertiary/aromatic N) is 2. The maximum Gasteiger partial charge on any atom is 0.222 e. The van der Waals surface area contributed by atoms with Crippen LogP contribution in [0, 0.1) is 0 Å². The van der Waals surface area contributed by atoms with Crippen LogP contribution < -0.4 is 10.6 Å². The molecule has 1 aromatic heterocycles. The molecule has 0 saturated carbocycles. The number of carbonyl (C=O) groups excluding carboxylic acids is 1. The molecule has 1 heterocycles. The van der Waals surface area contributed by atoms with Gasteiger partial charge in [-0.3, -0.25) is 9.79 Å². The predicted molar refractivity (Wildman–Crippen MR) is 94.5 cm³/mol. The van der Waals surface area contributed by atoms with Crippen molar-refractivity contribution in [1.82, 2.24) is 15.5 Å². The predicted octanol–water partition coefficient (Wildman–Crippen LogP) is 2.10.